The van der Waals surface area contributed by atoms with E-state index in [1.165, 1.54) is 73.3 Å². The number of nitrogens with zero attached hydrogens (tertiary/aromatic N) is 2. The van der Waals surface area contributed by atoms with Crippen LogP contribution < -0.4 is 0 Å². The molecule has 4 heterocycles. The van der Waals surface area contributed by atoms with E-state index in [-0.39, 0.29) is 0 Å². The van der Waals surface area contributed by atoms with Gasteiger partial charge in [0.05, 0.1) is 16.7 Å². The van der Waals surface area contributed by atoms with Crippen molar-refractivity contribution in [2.45, 2.75) is 0 Å². The van der Waals surface area contributed by atoms with Gasteiger partial charge in [0.25, 0.3) is 0 Å². The van der Waals surface area contributed by atoms with Crippen molar-refractivity contribution < 1.29 is 0 Å². The van der Waals surface area contributed by atoms with Gasteiger partial charge in [0.15, 0.2) is 0 Å². The molecule has 0 spiro atoms. The maximum absolute atomic E-state index is 4.87. The van der Waals surface area contributed by atoms with Crippen molar-refractivity contribution in [3.63, 3.8) is 0 Å². The predicted molar refractivity (Wildman–Crippen MR) is 195 cm³/mol. The zero-order valence-electron chi connectivity index (χ0n) is 24.1. The number of para-hydroxylation sites is 1. The van der Waals surface area contributed by atoms with E-state index in [0.717, 1.165) is 16.9 Å². The molecule has 0 aliphatic heterocycles. The van der Waals surface area contributed by atoms with Gasteiger partial charge in [0, 0.05) is 68.6 Å². The van der Waals surface area contributed by atoms with Crippen LogP contribution in [0.3, 0.4) is 0 Å². The Morgan fingerprint density at radius 1 is 0.467 bits per heavy atom. The fraction of sp³-hybridized carbons (Fsp3) is 0. The summed E-state index contributed by atoms with van der Waals surface area (Å²) in [6.07, 6.45) is 1.94. The molecule has 6 aromatic carbocycles. The van der Waals surface area contributed by atoms with Crippen LogP contribution in [-0.2, 0) is 0 Å². The van der Waals surface area contributed by atoms with Crippen LogP contribution in [0.15, 0.2) is 146 Å². The van der Waals surface area contributed by atoms with Gasteiger partial charge >= 0.3 is 0 Å². The monoisotopic (exact) mass is 608 g/mol. The average Bonchev–Trinajstić information content (AvgIpc) is 3.78. The second-order valence-corrected chi connectivity index (χ2v) is 13.7. The first-order valence-corrected chi connectivity index (χ1v) is 16.8. The van der Waals surface area contributed by atoms with E-state index in [1.54, 1.807) is 0 Å². The highest BCUT2D eigenvalue weighted by Crippen LogP contribution is 2.42. The zero-order valence-corrected chi connectivity index (χ0v) is 25.7. The summed E-state index contributed by atoms with van der Waals surface area (Å²) in [6.45, 7) is 0. The SMILES string of the molecule is c1ccc2c(c1)sc1c(-c3ccc4c(c3)c3ccccc3n4-c3ccc(-c4nccc5sc6ccccc6c45)cc3)cccc12. The van der Waals surface area contributed by atoms with Gasteiger partial charge in [-0.3, -0.25) is 4.98 Å². The molecule has 4 aromatic heterocycles. The Morgan fingerprint density at radius 3 is 2.02 bits per heavy atom. The van der Waals surface area contributed by atoms with Gasteiger partial charge in [-0.25, -0.2) is 0 Å². The minimum absolute atomic E-state index is 1.04. The van der Waals surface area contributed by atoms with Crippen LogP contribution in [0.2, 0.25) is 0 Å². The molecule has 0 fully saturated rings. The van der Waals surface area contributed by atoms with Gasteiger partial charge in [-0.15, -0.1) is 22.7 Å². The Morgan fingerprint density at radius 2 is 1.16 bits per heavy atom. The maximum Gasteiger partial charge on any atom is 0.0795 e. The van der Waals surface area contributed by atoms with E-state index in [0.29, 0.717) is 0 Å². The third kappa shape index (κ3) is 3.70. The van der Waals surface area contributed by atoms with Gasteiger partial charge < -0.3 is 4.57 Å². The lowest BCUT2D eigenvalue weighted by Crippen LogP contribution is -1.94. The zero-order chi connectivity index (χ0) is 29.5. The number of aromatic nitrogens is 2. The smallest absolute Gasteiger partial charge is 0.0795 e. The van der Waals surface area contributed by atoms with Crippen LogP contribution in [-0.4, -0.2) is 9.55 Å². The molecule has 0 aliphatic rings. The molecular formula is C41H24N2S2. The number of benzene rings is 6. The Hall–Kier alpha value is -5.29. The molecule has 10 rings (SSSR count). The van der Waals surface area contributed by atoms with Crippen molar-refractivity contribution in [3.05, 3.63) is 146 Å². The summed E-state index contributed by atoms with van der Waals surface area (Å²) in [6, 6.07) is 50.9. The fourth-order valence-electron chi connectivity index (χ4n) is 7.05. The molecule has 0 N–H and O–H groups in total. The highest BCUT2D eigenvalue weighted by Gasteiger charge is 2.17. The van der Waals surface area contributed by atoms with E-state index in [4.69, 9.17) is 4.98 Å². The molecule has 0 saturated heterocycles. The first-order chi connectivity index (χ1) is 22.3. The molecule has 0 radical (unpaired) electrons. The number of hydrogen-bond donors (Lipinski definition) is 0. The van der Waals surface area contributed by atoms with E-state index >= 15 is 0 Å². The van der Waals surface area contributed by atoms with E-state index in [2.05, 4.69) is 144 Å². The third-order valence-corrected chi connectivity index (χ3v) is 11.4. The molecule has 10 aromatic rings. The highest BCUT2D eigenvalue weighted by atomic mass is 32.1. The molecule has 2 nitrogen and oxygen atoms in total. The second-order valence-electron chi connectivity index (χ2n) is 11.5. The first-order valence-electron chi connectivity index (χ1n) is 15.1. The topological polar surface area (TPSA) is 17.8 Å². The lowest BCUT2D eigenvalue weighted by atomic mass is 10.0. The van der Waals surface area contributed by atoms with Crippen molar-refractivity contribution >= 4 is 84.8 Å². The normalized spacial score (nSPS) is 12.0. The molecule has 0 unspecified atom stereocenters. The van der Waals surface area contributed by atoms with Crippen molar-refractivity contribution in [3.8, 4) is 28.1 Å². The van der Waals surface area contributed by atoms with Crippen LogP contribution in [0.5, 0.6) is 0 Å². The minimum atomic E-state index is 1.04. The number of fused-ring (bicyclic) bond motifs is 9. The lowest BCUT2D eigenvalue weighted by molar-refractivity contribution is 1.18. The Bertz CT molecular complexity index is 2760. The molecule has 0 amide bonds. The molecule has 0 bridgehead atoms. The van der Waals surface area contributed by atoms with Crippen LogP contribution in [0.1, 0.15) is 0 Å². The van der Waals surface area contributed by atoms with E-state index in [1.807, 2.05) is 28.9 Å². The Balaban J connectivity index is 1.13. The molecule has 0 saturated carbocycles. The minimum Gasteiger partial charge on any atom is -0.309 e. The first kappa shape index (κ1) is 25.1. The van der Waals surface area contributed by atoms with Gasteiger partial charge in [-0.05, 0) is 59.7 Å². The fourth-order valence-corrected chi connectivity index (χ4v) is 9.39. The van der Waals surface area contributed by atoms with Crippen molar-refractivity contribution in [2.24, 2.45) is 0 Å². The summed E-state index contributed by atoms with van der Waals surface area (Å²) in [5.74, 6) is 0. The van der Waals surface area contributed by atoms with Gasteiger partial charge in [0.2, 0.25) is 0 Å². The van der Waals surface area contributed by atoms with Gasteiger partial charge in [-0.1, -0.05) is 91.0 Å². The van der Waals surface area contributed by atoms with Gasteiger partial charge in [-0.2, -0.15) is 0 Å². The van der Waals surface area contributed by atoms with Crippen molar-refractivity contribution in [1.82, 2.24) is 9.55 Å². The third-order valence-electron chi connectivity index (χ3n) is 9.08. The lowest BCUT2D eigenvalue weighted by Gasteiger charge is -2.10. The molecule has 4 heteroatoms. The number of pyridine rings is 1. The molecular weight excluding hydrogens is 585 g/mol. The van der Waals surface area contributed by atoms with Crippen LogP contribution in [0.4, 0.5) is 0 Å². The Labute approximate surface area is 267 Å². The average molecular weight is 609 g/mol. The largest absolute Gasteiger partial charge is 0.309 e. The number of thiophene rings is 2. The van der Waals surface area contributed by atoms with Gasteiger partial charge in [0.1, 0.15) is 0 Å². The summed E-state index contributed by atoms with van der Waals surface area (Å²) < 4.78 is 7.65. The Kier molecular flexibility index (Phi) is 5.35. The summed E-state index contributed by atoms with van der Waals surface area (Å²) in [4.78, 5) is 4.87. The van der Waals surface area contributed by atoms with Crippen LogP contribution in [0.25, 0.3) is 90.2 Å². The predicted octanol–water partition coefficient (Wildman–Crippen LogP) is 12.2. The molecule has 0 aliphatic carbocycles. The molecule has 45 heavy (non-hydrogen) atoms. The highest BCUT2D eigenvalue weighted by molar-refractivity contribution is 7.26. The summed E-state index contributed by atoms with van der Waals surface area (Å²) in [5.41, 5.74) is 8.28. The molecule has 210 valence electrons. The quantitative estimate of drug-likeness (QED) is 0.195. The molecule has 0 atom stereocenters. The second kappa shape index (κ2) is 9.60. The summed E-state index contributed by atoms with van der Waals surface area (Å²) >= 11 is 3.72. The maximum atomic E-state index is 4.87. The van der Waals surface area contributed by atoms with Crippen LogP contribution >= 0.6 is 22.7 Å². The standard InChI is InChI=1S/C41H24N2S2/c1-4-13-34-29(8-1)33-24-26(28-11-7-12-31-30-9-2-5-14-36(30)45-41(28)31)18-21-35(33)43(34)27-19-16-25(17-20-27)40-39-32-10-3-6-15-37(32)44-38(39)22-23-42-40/h1-24H. The number of hydrogen-bond acceptors (Lipinski definition) is 3. The van der Waals surface area contributed by atoms with Crippen LogP contribution in [0, 0.1) is 0 Å². The number of rotatable bonds is 3. The summed E-state index contributed by atoms with van der Waals surface area (Å²) in [5, 5.41) is 7.70. The van der Waals surface area contributed by atoms with E-state index in [9.17, 15) is 0 Å². The summed E-state index contributed by atoms with van der Waals surface area (Å²) in [7, 11) is 0. The van der Waals surface area contributed by atoms with E-state index < -0.39 is 0 Å². The van der Waals surface area contributed by atoms with Crippen molar-refractivity contribution in [1.29, 1.82) is 0 Å². The van der Waals surface area contributed by atoms with Crippen molar-refractivity contribution in [2.75, 3.05) is 0 Å².